The van der Waals surface area contributed by atoms with Gasteiger partial charge < -0.3 is 15.4 Å². The summed E-state index contributed by atoms with van der Waals surface area (Å²) in [5.74, 6) is -0.455. The quantitative estimate of drug-likeness (QED) is 0.855. The molecular weight excluding hydrogens is 299 g/mol. The van der Waals surface area contributed by atoms with Crippen molar-refractivity contribution in [2.45, 2.75) is 6.54 Å². The molecule has 120 valence electrons. The zero-order valence-electron chi connectivity index (χ0n) is 12.6. The van der Waals surface area contributed by atoms with Crippen LogP contribution in [0.15, 0.2) is 48.5 Å². The van der Waals surface area contributed by atoms with Gasteiger partial charge in [0.15, 0.2) is 0 Å². The second kappa shape index (κ2) is 7.93. The van der Waals surface area contributed by atoms with Crippen LogP contribution in [0.5, 0.6) is 5.75 Å². The van der Waals surface area contributed by atoms with Gasteiger partial charge in [0.25, 0.3) is 5.91 Å². The number of methoxy groups -OCH3 is 1. The third-order valence-corrected chi connectivity index (χ3v) is 3.14. The molecule has 0 fully saturated rings. The molecule has 2 aromatic carbocycles. The number of hydrogen-bond acceptors (Lipinski definition) is 3. The van der Waals surface area contributed by atoms with Crippen LogP contribution >= 0.6 is 0 Å². The van der Waals surface area contributed by atoms with E-state index in [0.717, 1.165) is 5.56 Å². The maximum Gasteiger partial charge on any atom is 0.251 e. The van der Waals surface area contributed by atoms with E-state index in [9.17, 15) is 14.0 Å². The predicted molar refractivity (Wildman–Crippen MR) is 83.6 cm³/mol. The highest BCUT2D eigenvalue weighted by molar-refractivity contribution is 5.96. The van der Waals surface area contributed by atoms with Crippen molar-refractivity contribution in [3.63, 3.8) is 0 Å². The minimum atomic E-state index is -0.429. The zero-order chi connectivity index (χ0) is 16.7. The van der Waals surface area contributed by atoms with E-state index in [-0.39, 0.29) is 12.5 Å². The van der Waals surface area contributed by atoms with Crippen LogP contribution in [0.1, 0.15) is 15.9 Å². The molecule has 5 nitrogen and oxygen atoms in total. The first kappa shape index (κ1) is 16.5. The number of halogens is 1. The third kappa shape index (κ3) is 5.10. The molecule has 0 aliphatic carbocycles. The molecule has 23 heavy (non-hydrogen) atoms. The molecule has 0 saturated heterocycles. The van der Waals surface area contributed by atoms with Crippen LogP contribution in [-0.2, 0) is 11.3 Å². The van der Waals surface area contributed by atoms with Crippen LogP contribution in [0.3, 0.4) is 0 Å². The number of carbonyl (C=O) groups excluding carboxylic acids is 2. The fraction of sp³-hybridized carbons (Fsp3) is 0.176. The van der Waals surface area contributed by atoms with E-state index in [1.807, 2.05) is 24.3 Å². The Bertz CT molecular complexity index is 686. The number of hydrogen-bond donors (Lipinski definition) is 2. The van der Waals surface area contributed by atoms with Gasteiger partial charge in [-0.25, -0.2) is 4.39 Å². The number of benzene rings is 2. The first-order chi connectivity index (χ1) is 11.1. The Hall–Kier alpha value is -2.89. The molecule has 2 aromatic rings. The van der Waals surface area contributed by atoms with Crippen LogP contribution in [0, 0.1) is 5.82 Å². The van der Waals surface area contributed by atoms with Crippen LogP contribution in [-0.4, -0.2) is 25.5 Å². The highest BCUT2D eigenvalue weighted by Crippen LogP contribution is 2.12. The summed E-state index contributed by atoms with van der Waals surface area (Å²) in [5, 5.41) is 5.18. The summed E-state index contributed by atoms with van der Waals surface area (Å²) >= 11 is 0. The Labute approximate surface area is 133 Å². The highest BCUT2D eigenvalue weighted by atomic mass is 19.1. The smallest absolute Gasteiger partial charge is 0.251 e. The Morgan fingerprint density at radius 3 is 2.52 bits per heavy atom. The van der Waals surface area contributed by atoms with Gasteiger partial charge in [0.05, 0.1) is 13.7 Å². The van der Waals surface area contributed by atoms with Gasteiger partial charge in [-0.1, -0.05) is 12.1 Å². The zero-order valence-corrected chi connectivity index (χ0v) is 12.6. The van der Waals surface area contributed by atoms with Gasteiger partial charge >= 0.3 is 0 Å². The van der Waals surface area contributed by atoms with E-state index >= 15 is 0 Å². The van der Waals surface area contributed by atoms with Crippen molar-refractivity contribution in [2.24, 2.45) is 0 Å². The highest BCUT2D eigenvalue weighted by Gasteiger charge is 2.08. The van der Waals surface area contributed by atoms with Gasteiger partial charge in [-0.15, -0.1) is 0 Å². The van der Waals surface area contributed by atoms with Crippen LogP contribution in [0.4, 0.5) is 4.39 Å². The summed E-state index contributed by atoms with van der Waals surface area (Å²) in [4.78, 5) is 23.5. The Morgan fingerprint density at radius 2 is 1.83 bits per heavy atom. The lowest BCUT2D eigenvalue weighted by Crippen LogP contribution is -2.36. The predicted octanol–water partition coefficient (Wildman–Crippen LogP) is 1.88. The number of ether oxygens (including phenoxy) is 1. The lowest BCUT2D eigenvalue weighted by Gasteiger charge is -2.08. The molecule has 0 aromatic heterocycles. The SMILES string of the molecule is COc1cccc(CNC(=O)CNC(=O)c2ccc(F)cc2)c1. The summed E-state index contributed by atoms with van der Waals surface area (Å²) in [6.45, 7) is 0.183. The van der Waals surface area contributed by atoms with Crippen molar-refractivity contribution >= 4 is 11.8 Å². The molecule has 0 unspecified atom stereocenters. The molecule has 6 heteroatoms. The van der Waals surface area contributed by atoms with E-state index in [0.29, 0.717) is 17.9 Å². The first-order valence-corrected chi connectivity index (χ1v) is 7.02. The molecular formula is C17H17FN2O3. The van der Waals surface area contributed by atoms with Crippen molar-refractivity contribution in [2.75, 3.05) is 13.7 Å². The monoisotopic (exact) mass is 316 g/mol. The molecule has 0 heterocycles. The van der Waals surface area contributed by atoms with Crippen molar-refractivity contribution < 1.29 is 18.7 Å². The largest absolute Gasteiger partial charge is 0.497 e. The van der Waals surface area contributed by atoms with Gasteiger partial charge in [-0.05, 0) is 42.0 Å². The van der Waals surface area contributed by atoms with Crippen LogP contribution < -0.4 is 15.4 Å². The fourth-order valence-corrected chi connectivity index (χ4v) is 1.91. The van der Waals surface area contributed by atoms with Gasteiger partial charge in [0, 0.05) is 12.1 Å². The fourth-order valence-electron chi connectivity index (χ4n) is 1.91. The summed E-state index contributed by atoms with van der Waals surface area (Å²) in [7, 11) is 1.57. The Balaban J connectivity index is 1.78. The van der Waals surface area contributed by atoms with Gasteiger partial charge in [-0.2, -0.15) is 0 Å². The molecule has 0 bridgehead atoms. The van der Waals surface area contributed by atoms with E-state index in [2.05, 4.69) is 10.6 Å². The number of nitrogens with one attached hydrogen (secondary N) is 2. The number of carbonyl (C=O) groups is 2. The summed E-state index contributed by atoms with van der Waals surface area (Å²) in [6.07, 6.45) is 0. The minimum absolute atomic E-state index is 0.153. The van der Waals surface area contributed by atoms with Crippen molar-refractivity contribution in [3.05, 3.63) is 65.5 Å². The molecule has 2 amide bonds. The average Bonchev–Trinajstić information content (AvgIpc) is 2.58. The second-order valence-electron chi connectivity index (χ2n) is 4.82. The van der Waals surface area contributed by atoms with E-state index in [1.165, 1.54) is 24.3 Å². The molecule has 0 aliphatic rings. The number of rotatable bonds is 6. The summed E-state index contributed by atoms with van der Waals surface area (Å²) in [6, 6.07) is 12.4. The maximum absolute atomic E-state index is 12.8. The molecule has 2 N–H and O–H groups in total. The van der Waals surface area contributed by atoms with E-state index < -0.39 is 11.7 Å². The maximum atomic E-state index is 12.8. The van der Waals surface area contributed by atoms with Gasteiger partial charge in [-0.3, -0.25) is 9.59 Å². The molecule has 0 spiro atoms. The summed E-state index contributed by atoms with van der Waals surface area (Å²) < 4.78 is 17.9. The normalized spacial score (nSPS) is 10.0. The third-order valence-electron chi connectivity index (χ3n) is 3.14. The first-order valence-electron chi connectivity index (χ1n) is 7.02. The van der Waals surface area contributed by atoms with Crippen molar-refractivity contribution in [1.29, 1.82) is 0 Å². The molecule has 2 rings (SSSR count). The van der Waals surface area contributed by atoms with Crippen LogP contribution in [0.25, 0.3) is 0 Å². The standard InChI is InChI=1S/C17H17FN2O3/c1-23-15-4-2-3-12(9-15)10-19-16(21)11-20-17(22)13-5-7-14(18)8-6-13/h2-9H,10-11H2,1H3,(H,19,21)(H,20,22). The number of amides is 2. The van der Waals surface area contributed by atoms with Crippen molar-refractivity contribution in [3.8, 4) is 5.75 Å². The average molecular weight is 316 g/mol. The topological polar surface area (TPSA) is 67.4 Å². The van der Waals surface area contributed by atoms with Crippen LogP contribution in [0.2, 0.25) is 0 Å². The van der Waals surface area contributed by atoms with E-state index in [4.69, 9.17) is 4.74 Å². The Kier molecular flexibility index (Phi) is 5.68. The van der Waals surface area contributed by atoms with Gasteiger partial charge in [0.2, 0.25) is 5.91 Å². The Morgan fingerprint density at radius 1 is 1.09 bits per heavy atom. The molecule has 0 aliphatic heterocycles. The van der Waals surface area contributed by atoms with Crippen molar-refractivity contribution in [1.82, 2.24) is 10.6 Å². The lowest BCUT2D eigenvalue weighted by atomic mass is 10.2. The van der Waals surface area contributed by atoms with E-state index in [1.54, 1.807) is 7.11 Å². The van der Waals surface area contributed by atoms with Gasteiger partial charge in [0.1, 0.15) is 11.6 Å². The minimum Gasteiger partial charge on any atom is -0.497 e. The molecule has 0 radical (unpaired) electrons. The summed E-state index contributed by atoms with van der Waals surface area (Å²) in [5.41, 5.74) is 1.19. The molecule has 0 atom stereocenters. The second-order valence-corrected chi connectivity index (χ2v) is 4.82. The lowest BCUT2D eigenvalue weighted by molar-refractivity contribution is -0.120. The molecule has 0 saturated carbocycles.